The van der Waals surface area contributed by atoms with Gasteiger partial charge in [-0.3, -0.25) is 5.32 Å². The standard InChI is InChI=1S/C10H9ClN2O2/c1-2-3-4-7-5-9(11)12-6-8(7)13-10(14)15/h5-6,13H,4H2,1H3,(H,14,15). The third-order valence-corrected chi connectivity index (χ3v) is 1.86. The molecule has 0 aromatic carbocycles. The van der Waals surface area contributed by atoms with Crippen molar-refractivity contribution in [1.29, 1.82) is 0 Å². The number of halogens is 1. The smallest absolute Gasteiger partial charge is 0.409 e. The van der Waals surface area contributed by atoms with Crippen LogP contribution in [0, 0.1) is 11.8 Å². The summed E-state index contributed by atoms with van der Waals surface area (Å²) in [6.45, 7) is 1.72. The number of carbonyl (C=O) groups is 1. The zero-order valence-corrected chi connectivity index (χ0v) is 8.80. The highest BCUT2D eigenvalue weighted by Gasteiger charge is 2.05. The molecule has 0 bridgehead atoms. The summed E-state index contributed by atoms with van der Waals surface area (Å²) in [7, 11) is 0. The summed E-state index contributed by atoms with van der Waals surface area (Å²) in [4.78, 5) is 14.3. The molecule has 0 radical (unpaired) electrons. The zero-order chi connectivity index (χ0) is 11.3. The first-order chi connectivity index (χ1) is 7.13. The van der Waals surface area contributed by atoms with Gasteiger partial charge in [0.25, 0.3) is 0 Å². The molecule has 4 nitrogen and oxygen atoms in total. The molecule has 15 heavy (non-hydrogen) atoms. The highest BCUT2D eigenvalue weighted by molar-refractivity contribution is 6.29. The first kappa shape index (κ1) is 11.3. The van der Waals surface area contributed by atoms with Crippen molar-refractivity contribution >= 4 is 23.4 Å². The second kappa shape index (κ2) is 5.23. The number of pyridine rings is 1. The molecule has 0 fully saturated rings. The van der Waals surface area contributed by atoms with Gasteiger partial charge in [0.05, 0.1) is 11.9 Å². The van der Waals surface area contributed by atoms with Crippen molar-refractivity contribution < 1.29 is 9.90 Å². The van der Waals surface area contributed by atoms with Crippen LogP contribution >= 0.6 is 11.6 Å². The highest BCUT2D eigenvalue weighted by Crippen LogP contribution is 2.18. The Labute approximate surface area is 92.3 Å². The normalized spacial score (nSPS) is 8.93. The predicted molar refractivity (Wildman–Crippen MR) is 58.0 cm³/mol. The van der Waals surface area contributed by atoms with Crippen LogP contribution in [0.4, 0.5) is 10.5 Å². The molecule has 0 unspecified atom stereocenters. The maximum atomic E-state index is 10.5. The van der Waals surface area contributed by atoms with E-state index in [2.05, 4.69) is 22.1 Å². The van der Waals surface area contributed by atoms with Crippen LogP contribution < -0.4 is 5.32 Å². The molecule has 2 N–H and O–H groups in total. The third kappa shape index (κ3) is 3.49. The number of carboxylic acid groups (broad SMARTS) is 1. The molecule has 0 saturated heterocycles. The SMILES string of the molecule is CC#CCc1cc(Cl)ncc1NC(=O)O. The number of amides is 1. The number of aromatic nitrogens is 1. The van der Waals surface area contributed by atoms with Gasteiger partial charge in [-0.2, -0.15) is 0 Å². The second-order valence-corrected chi connectivity index (χ2v) is 3.09. The molecule has 1 amide bonds. The zero-order valence-electron chi connectivity index (χ0n) is 8.04. The minimum atomic E-state index is -1.13. The Hall–Kier alpha value is -1.73. The fourth-order valence-corrected chi connectivity index (χ4v) is 1.21. The van der Waals surface area contributed by atoms with Crippen molar-refractivity contribution in [3.05, 3.63) is 23.0 Å². The van der Waals surface area contributed by atoms with Crippen molar-refractivity contribution in [2.24, 2.45) is 0 Å². The van der Waals surface area contributed by atoms with Gasteiger partial charge >= 0.3 is 6.09 Å². The Bertz CT molecular complexity index is 435. The van der Waals surface area contributed by atoms with Gasteiger partial charge in [0.15, 0.2) is 0 Å². The van der Waals surface area contributed by atoms with E-state index in [0.717, 1.165) is 0 Å². The number of hydrogen-bond acceptors (Lipinski definition) is 2. The fourth-order valence-electron chi connectivity index (χ4n) is 1.03. The van der Waals surface area contributed by atoms with E-state index in [-0.39, 0.29) is 0 Å². The summed E-state index contributed by atoms with van der Waals surface area (Å²) >= 11 is 5.70. The molecule has 1 aromatic heterocycles. The molecular weight excluding hydrogens is 216 g/mol. The van der Waals surface area contributed by atoms with Gasteiger partial charge in [-0.1, -0.05) is 17.5 Å². The van der Waals surface area contributed by atoms with E-state index in [0.29, 0.717) is 22.8 Å². The van der Waals surface area contributed by atoms with Gasteiger partial charge in [-0.25, -0.2) is 9.78 Å². The molecule has 1 aromatic rings. The summed E-state index contributed by atoms with van der Waals surface area (Å²) in [6.07, 6.45) is 0.683. The molecule has 1 heterocycles. The van der Waals surface area contributed by atoms with E-state index in [9.17, 15) is 4.79 Å². The molecular formula is C10H9ClN2O2. The first-order valence-corrected chi connectivity index (χ1v) is 4.55. The third-order valence-electron chi connectivity index (χ3n) is 1.65. The van der Waals surface area contributed by atoms with Gasteiger partial charge in [-0.15, -0.1) is 5.92 Å². The van der Waals surface area contributed by atoms with Gasteiger partial charge in [0, 0.05) is 6.42 Å². The Morgan fingerprint density at radius 2 is 2.47 bits per heavy atom. The van der Waals surface area contributed by atoms with Crippen molar-refractivity contribution in [2.45, 2.75) is 13.3 Å². The summed E-state index contributed by atoms with van der Waals surface area (Å²) in [5, 5.41) is 11.1. The number of anilines is 1. The van der Waals surface area contributed by atoms with E-state index >= 15 is 0 Å². The first-order valence-electron chi connectivity index (χ1n) is 4.17. The quantitative estimate of drug-likeness (QED) is 0.599. The molecule has 0 spiro atoms. The number of rotatable bonds is 2. The van der Waals surface area contributed by atoms with Crippen molar-refractivity contribution in [3.8, 4) is 11.8 Å². The van der Waals surface area contributed by atoms with Crippen LogP contribution in [0.2, 0.25) is 5.15 Å². The molecule has 0 aliphatic carbocycles. The van der Waals surface area contributed by atoms with E-state index in [1.165, 1.54) is 6.20 Å². The lowest BCUT2D eigenvalue weighted by Gasteiger charge is -2.05. The average molecular weight is 225 g/mol. The highest BCUT2D eigenvalue weighted by atomic mass is 35.5. The van der Waals surface area contributed by atoms with Crippen LogP contribution in [0.3, 0.4) is 0 Å². The maximum Gasteiger partial charge on any atom is 0.409 e. The molecule has 0 saturated carbocycles. The molecule has 78 valence electrons. The van der Waals surface area contributed by atoms with Crippen LogP contribution in [-0.2, 0) is 6.42 Å². The van der Waals surface area contributed by atoms with E-state index in [4.69, 9.17) is 16.7 Å². The Morgan fingerprint density at radius 1 is 1.73 bits per heavy atom. The topological polar surface area (TPSA) is 62.2 Å². The Morgan fingerprint density at radius 3 is 3.07 bits per heavy atom. The molecule has 0 aliphatic rings. The van der Waals surface area contributed by atoms with E-state index in [1.54, 1.807) is 13.0 Å². The van der Waals surface area contributed by atoms with Gasteiger partial charge in [0.2, 0.25) is 0 Å². The molecule has 5 heteroatoms. The minimum Gasteiger partial charge on any atom is -0.465 e. The average Bonchev–Trinajstić information content (AvgIpc) is 2.18. The van der Waals surface area contributed by atoms with E-state index < -0.39 is 6.09 Å². The van der Waals surface area contributed by atoms with Crippen LogP contribution in [0.5, 0.6) is 0 Å². The van der Waals surface area contributed by atoms with Crippen LogP contribution in [-0.4, -0.2) is 16.2 Å². The summed E-state index contributed by atoms with van der Waals surface area (Å²) in [6, 6.07) is 1.59. The monoisotopic (exact) mass is 224 g/mol. The number of nitrogens with one attached hydrogen (secondary N) is 1. The molecule has 1 rings (SSSR count). The van der Waals surface area contributed by atoms with Crippen molar-refractivity contribution in [1.82, 2.24) is 4.98 Å². The largest absolute Gasteiger partial charge is 0.465 e. The lowest BCUT2D eigenvalue weighted by molar-refractivity contribution is 0.209. The van der Waals surface area contributed by atoms with E-state index in [1.807, 2.05) is 0 Å². The minimum absolute atomic E-state index is 0.318. The Balaban J connectivity index is 3.00. The Kier molecular flexibility index (Phi) is 3.95. The fraction of sp³-hybridized carbons (Fsp3) is 0.200. The molecule has 0 aliphatic heterocycles. The van der Waals surface area contributed by atoms with Crippen LogP contribution in [0.15, 0.2) is 12.3 Å². The van der Waals surface area contributed by atoms with Crippen molar-refractivity contribution in [3.63, 3.8) is 0 Å². The van der Waals surface area contributed by atoms with Gasteiger partial charge in [0.1, 0.15) is 5.15 Å². The maximum absolute atomic E-state index is 10.5. The molecule has 0 atom stereocenters. The lowest BCUT2D eigenvalue weighted by Crippen LogP contribution is -2.09. The van der Waals surface area contributed by atoms with Gasteiger partial charge in [-0.05, 0) is 18.6 Å². The number of hydrogen-bond donors (Lipinski definition) is 2. The second-order valence-electron chi connectivity index (χ2n) is 2.70. The lowest BCUT2D eigenvalue weighted by atomic mass is 10.1. The van der Waals surface area contributed by atoms with Gasteiger partial charge < -0.3 is 5.11 Å². The summed E-state index contributed by atoms with van der Waals surface area (Å²) in [5.41, 5.74) is 1.13. The summed E-state index contributed by atoms with van der Waals surface area (Å²) < 4.78 is 0. The predicted octanol–water partition coefficient (Wildman–Crippen LogP) is 2.39. The van der Waals surface area contributed by atoms with Crippen molar-refractivity contribution in [2.75, 3.05) is 5.32 Å². The van der Waals surface area contributed by atoms with Crippen LogP contribution in [0.25, 0.3) is 0 Å². The van der Waals surface area contributed by atoms with Crippen LogP contribution in [0.1, 0.15) is 12.5 Å². The number of nitrogens with zero attached hydrogens (tertiary/aromatic N) is 1. The summed E-state index contributed by atoms with van der Waals surface area (Å²) in [5.74, 6) is 5.56.